The third kappa shape index (κ3) is 6.39. The molecule has 3 N–H and O–H groups in total. The molecule has 0 fully saturated rings. The number of carbonyl (C=O) groups excluding carboxylic acids is 1. The molecule has 150 valence electrons. The number of pyridine rings is 1. The molecule has 2 aromatic rings. The van der Waals surface area contributed by atoms with E-state index in [2.05, 4.69) is 22.1 Å². The Morgan fingerprint density at radius 2 is 2.14 bits per heavy atom. The average Bonchev–Trinajstić information content (AvgIpc) is 2.65. The quantitative estimate of drug-likeness (QED) is 0.512. The Kier molecular flexibility index (Phi) is 8.08. The van der Waals surface area contributed by atoms with Crippen LogP contribution in [0.4, 0.5) is 0 Å². The zero-order chi connectivity index (χ0) is 20.6. The summed E-state index contributed by atoms with van der Waals surface area (Å²) in [5.41, 5.74) is 5.86. The summed E-state index contributed by atoms with van der Waals surface area (Å²) in [6.07, 6.45) is 3.50. The van der Waals surface area contributed by atoms with Crippen LogP contribution in [-0.4, -0.2) is 55.7 Å². The van der Waals surface area contributed by atoms with Crippen LogP contribution in [0, 0.1) is 11.8 Å². The fourth-order valence-electron chi connectivity index (χ4n) is 2.47. The van der Waals surface area contributed by atoms with Gasteiger partial charge in [-0.15, -0.1) is 11.8 Å². The summed E-state index contributed by atoms with van der Waals surface area (Å²) in [6, 6.07) is 7.36. The normalized spacial score (nSPS) is 13.9. The molecule has 1 aromatic carbocycles. The van der Waals surface area contributed by atoms with Gasteiger partial charge in [0.1, 0.15) is 18.0 Å². The van der Waals surface area contributed by atoms with Crippen molar-refractivity contribution in [1.29, 1.82) is 0 Å². The van der Waals surface area contributed by atoms with Gasteiger partial charge in [-0.25, -0.2) is 0 Å². The molecule has 28 heavy (non-hydrogen) atoms. The summed E-state index contributed by atoms with van der Waals surface area (Å²) in [5, 5.41) is 3.59. The van der Waals surface area contributed by atoms with E-state index in [0.717, 1.165) is 16.5 Å². The van der Waals surface area contributed by atoms with Crippen LogP contribution in [0.15, 0.2) is 30.5 Å². The topological polar surface area (TPSA) is 95.7 Å². The third-order valence-corrected chi connectivity index (χ3v) is 4.36. The van der Waals surface area contributed by atoms with Gasteiger partial charge in [-0.05, 0) is 37.4 Å². The zero-order valence-corrected chi connectivity index (χ0v) is 17.3. The number of ether oxygens (including phenoxy) is 3. The molecule has 1 amide bonds. The number of nitrogens with two attached hydrogens (primary N) is 1. The maximum atomic E-state index is 12.5. The van der Waals surface area contributed by atoms with E-state index in [-0.39, 0.29) is 12.5 Å². The molecule has 8 heteroatoms. The van der Waals surface area contributed by atoms with Crippen molar-refractivity contribution in [2.24, 2.45) is 5.73 Å². The van der Waals surface area contributed by atoms with Crippen LogP contribution >= 0.6 is 11.8 Å². The number of methoxy groups -OCH3 is 2. The fraction of sp³-hybridized carbons (Fsp3) is 0.400. The molecule has 0 saturated heterocycles. The van der Waals surface area contributed by atoms with Crippen LogP contribution in [0.1, 0.15) is 12.5 Å². The van der Waals surface area contributed by atoms with Crippen molar-refractivity contribution in [2.45, 2.75) is 18.0 Å². The van der Waals surface area contributed by atoms with Gasteiger partial charge in [0, 0.05) is 31.4 Å². The van der Waals surface area contributed by atoms with Crippen molar-refractivity contribution in [3.8, 4) is 17.6 Å². The smallest absolute Gasteiger partial charge is 0.273 e. The fourth-order valence-corrected chi connectivity index (χ4v) is 2.95. The Labute approximate surface area is 169 Å². The minimum Gasteiger partial charge on any atom is -0.470 e. The average molecular weight is 404 g/mol. The second kappa shape index (κ2) is 10.3. The number of aromatic nitrogens is 1. The van der Waals surface area contributed by atoms with Gasteiger partial charge < -0.3 is 25.3 Å². The molecule has 2 rings (SSSR count). The summed E-state index contributed by atoms with van der Waals surface area (Å²) >= 11 is 1.27. The van der Waals surface area contributed by atoms with Gasteiger partial charge in [0.25, 0.3) is 5.91 Å². The van der Waals surface area contributed by atoms with Crippen LogP contribution in [-0.2, 0) is 14.3 Å². The summed E-state index contributed by atoms with van der Waals surface area (Å²) in [4.78, 5) is 16.9. The SMILES string of the molecule is COCC#Cc1cnc2ccc(OC(SC)C(=O)NC(C)(N)COC)cc2c1. The third-order valence-electron chi connectivity index (χ3n) is 3.63. The zero-order valence-electron chi connectivity index (χ0n) is 16.4. The molecule has 0 bridgehead atoms. The Bertz CT molecular complexity index is 877. The number of hydrogen-bond acceptors (Lipinski definition) is 7. The van der Waals surface area contributed by atoms with Gasteiger partial charge >= 0.3 is 0 Å². The second-order valence-corrected chi connectivity index (χ2v) is 7.24. The first-order valence-corrected chi connectivity index (χ1v) is 9.84. The Morgan fingerprint density at radius 1 is 1.36 bits per heavy atom. The molecule has 7 nitrogen and oxygen atoms in total. The summed E-state index contributed by atoms with van der Waals surface area (Å²) in [5.74, 6) is 6.12. The van der Waals surface area contributed by atoms with Gasteiger partial charge in [-0.2, -0.15) is 0 Å². The molecule has 2 unspecified atom stereocenters. The predicted octanol–water partition coefficient (Wildman–Crippen LogP) is 1.74. The lowest BCUT2D eigenvalue weighted by Gasteiger charge is -2.27. The number of nitrogens with one attached hydrogen (secondary N) is 1. The molecule has 2 atom stereocenters. The number of rotatable bonds is 8. The van der Waals surface area contributed by atoms with E-state index in [1.165, 1.54) is 18.9 Å². The number of fused-ring (bicyclic) bond motifs is 1. The van der Waals surface area contributed by atoms with E-state index in [1.807, 2.05) is 18.2 Å². The molecule has 1 aromatic heterocycles. The van der Waals surface area contributed by atoms with Crippen molar-refractivity contribution in [3.63, 3.8) is 0 Å². The minimum atomic E-state index is -0.980. The van der Waals surface area contributed by atoms with E-state index in [4.69, 9.17) is 19.9 Å². The first kappa shape index (κ1) is 22.0. The van der Waals surface area contributed by atoms with Crippen LogP contribution in [0.25, 0.3) is 10.9 Å². The Hall–Kier alpha value is -2.31. The van der Waals surface area contributed by atoms with E-state index < -0.39 is 11.1 Å². The lowest BCUT2D eigenvalue weighted by Crippen LogP contribution is -2.59. The summed E-state index contributed by atoms with van der Waals surface area (Å²) < 4.78 is 15.8. The Balaban J connectivity index is 2.17. The van der Waals surface area contributed by atoms with Crippen molar-refractivity contribution in [1.82, 2.24) is 10.3 Å². The molecule has 0 spiro atoms. The van der Waals surface area contributed by atoms with E-state index in [1.54, 1.807) is 32.6 Å². The summed E-state index contributed by atoms with van der Waals surface area (Å²) in [7, 11) is 3.12. The van der Waals surface area contributed by atoms with Crippen LogP contribution in [0.3, 0.4) is 0 Å². The highest BCUT2D eigenvalue weighted by molar-refractivity contribution is 7.99. The number of nitrogens with zero attached hydrogens (tertiary/aromatic N) is 1. The predicted molar refractivity (Wildman–Crippen MR) is 111 cm³/mol. The number of hydrogen-bond donors (Lipinski definition) is 2. The lowest BCUT2D eigenvalue weighted by atomic mass is 10.1. The molecule has 0 saturated carbocycles. The lowest BCUT2D eigenvalue weighted by molar-refractivity contribution is -0.126. The van der Waals surface area contributed by atoms with Crippen molar-refractivity contribution in [3.05, 3.63) is 36.0 Å². The van der Waals surface area contributed by atoms with Gasteiger partial charge in [-0.3, -0.25) is 9.78 Å². The molecule has 1 heterocycles. The molecular formula is C20H25N3O4S. The van der Waals surface area contributed by atoms with E-state index in [9.17, 15) is 4.79 Å². The van der Waals surface area contributed by atoms with E-state index in [0.29, 0.717) is 12.4 Å². The highest BCUT2D eigenvalue weighted by Crippen LogP contribution is 2.23. The number of carbonyl (C=O) groups is 1. The summed E-state index contributed by atoms with van der Waals surface area (Å²) in [6.45, 7) is 2.23. The van der Waals surface area contributed by atoms with Gasteiger partial charge in [0.2, 0.25) is 5.44 Å². The van der Waals surface area contributed by atoms with Gasteiger partial charge in [0.15, 0.2) is 0 Å². The Morgan fingerprint density at radius 3 is 2.82 bits per heavy atom. The molecular weight excluding hydrogens is 378 g/mol. The minimum absolute atomic E-state index is 0.189. The van der Waals surface area contributed by atoms with Gasteiger partial charge in [-0.1, -0.05) is 11.8 Å². The van der Waals surface area contributed by atoms with E-state index >= 15 is 0 Å². The number of benzene rings is 1. The van der Waals surface area contributed by atoms with Gasteiger partial charge in [0.05, 0.1) is 12.1 Å². The van der Waals surface area contributed by atoms with Crippen molar-refractivity contribution in [2.75, 3.05) is 33.7 Å². The first-order chi connectivity index (χ1) is 13.4. The van der Waals surface area contributed by atoms with Crippen LogP contribution in [0.5, 0.6) is 5.75 Å². The number of amides is 1. The first-order valence-electron chi connectivity index (χ1n) is 8.55. The highest BCUT2D eigenvalue weighted by Gasteiger charge is 2.27. The highest BCUT2D eigenvalue weighted by atomic mass is 32.2. The maximum Gasteiger partial charge on any atom is 0.273 e. The monoisotopic (exact) mass is 403 g/mol. The van der Waals surface area contributed by atoms with Crippen molar-refractivity contribution >= 4 is 28.6 Å². The van der Waals surface area contributed by atoms with Crippen molar-refractivity contribution < 1.29 is 19.0 Å². The second-order valence-electron chi connectivity index (χ2n) is 6.34. The van der Waals surface area contributed by atoms with Crippen LogP contribution in [0.2, 0.25) is 0 Å². The largest absolute Gasteiger partial charge is 0.470 e. The number of thioether (sulfide) groups is 1. The molecule has 0 aliphatic carbocycles. The molecule has 0 radical (unpaired) electrons. The maximum absolute atomic E-state index is 12.5. The van der Waals surface area contributed by atoms with Crippen LogP contribution < -0.4 is 15.8 Å². The molecule has 0 aliphatic rings. The molecule has 0 aliphatic heterocycles. The standard InChI is InChI=1S/C20H25N3O4S/c1-20(21,13-26-3)23-18(24)19(28-4)27-16-7-8-17-15(11-16)10-14(12-22-17)6-5-9-25-2/h7-8,10-12,19H,9,13,21H2,1-4H3,(H,23,24).